The molecule has 1 aliphatic heterocycles. The molecule has 0 aliphatic carbocycles. The number of aromatic nitrogens is 1. The molecule has 2 rings (SSSR count). The van der Waals surface area contributed by atoms with Gasteiger partial charge in [0.2, 0.25) is 0 Å². The Morgan fingerprint density at radius 1 is 1.62 bits per heavy atom. The van der Waals surface area contributed by atoms with Crippen LogP contribution >= 0.6 is 11.6 Å². The molecule has 2 heterocycles. The lowest BCUT2D eigenvalue weighted by Crippen LogP contribution is -2.31. The zero-order chi connectivity index (χ0) is 11.7. The highest BCUT2D eigenvalue weighted by Crippen LogP contribution is 2.32. The van der Waals surface area contributed by atoms with Crippen molar-refractivity contribution >= 4 is 17.7 Å². The maximum Gasteiger partial charge on any atom is 0.410 e. The van der Waals surface area contributed by atoms with E-state index >= 15 is 0 Å². The van der Waals surface area contributed by atoms with Crippen molar-refractivity contribution in [1.29, 1.82) is 0 Å². The fourth-order valence-electron chi connectivity index (χ4n) is 1.96. The molecule has 1 aromatic heterocycles. The summed E-state index contributed by atoms with van der Waals surface area (Å²) in [6.45, 7) is 4.54. The van der Waals surface area contributed by atoms with Crippen LogP contribution in [0.5, 0.6) is 0 Å². The van der Waals surface area contributed by atoms with Gasteiger partial charge >= 0.3 is 6.09 Å². The monoisotopic (exact) mass is 240 g/mol. The van der Waals surface area contributed by atoms with Gasteiger partial charge in [-0.3, -0.25) is 0 Å². The summed E-state index contributed by atoms with van der Waals surface area (Å²) in [4.78, 5) is 17.1. The number of carbonyl (C=O) groups is 1. The van der Waals surface area contributed by atoms with Crippen molar-refractivity contribution in [2.45, 2.75) is 26.0 Å². The van der Waals surface area contributed by atoms with Crippen molar-refractivity contribution in [3.05, 3.63) is 29.0 Å². The van der Waals surface area contributed by atoms with Crippen LogP contribution in [0, 0.1) is 0 Å². The molecule has 0 aromatic carbocycles. The number of carbonyl (C=O) groups excluding carboxylic acids is 1. The number of amides is 1. The highest BCUT2D eigenvalue weighted by Gasteiger charge is 2.38. The zero-order valence-corrected chi connectivity index (χ0v) is 9.94. The first-order valence-electron chi connectivity index (χ1n) is 5.22. The molecule has 2 atom stereocenters. The van der Waals surface area contributed by atoms with Crippen LogP contribution in [0.2, 0.25) is 5.15 Å². The van der Waals surface area contributed by atoms with Crippen molar-refractivity contribution < 1.29 is 9.53 Å². The Morgan fingerprint density at radius 3 is 2.94 bits per heavy atom. The Morgan fingerprint density at radius 2 is 2.38 bits per heavy atom. The van der Waals surface area contributed by atoms with Crippen LogP contribution < -0.4 is 0 Å². The summed E-state index contributed by atoms with van der Waals surface area (Å²) < 4.78 is 5.32. The van der Waals surface area contributed by atoms with E-state index in [1.807, 2.05) is 19.9 Å². The average Bonchev–Trinajstić information content (AvgIpc) is 2.54. The van der Waals surface area contributed by atoms with Crippen molar-refractivity contribution in [1.82, 2.24) is 9.88 Å². The number of hydrogen-bond acceptors (Lipinski definition) is 3. The van der Waals surface area contributed by atoms with E-state index in [1.165, 1.54) is 0 Å². The van der Waals surface area contributed by atoms with E-state index in [1.54, 1.807) is 17.2 Å². The fraction of sp³-hybridized carbons (Fsp3) is 0.455. The number of ether oxygens (including phenoxy) is 1. The molecular weight excluding hydrogens is 228 g/mol. The molecule has 0 radical (unpaired) electrons. The Bertz CT molecular complexity index is 411. The van der Waals surface area contributed by atoms with Crippen LogP contribution in [0.1, 0.15) is 25.5 Å². The van der Waals surface area contributed by atoms with Crippen LogP contribution in [-0.4, -0.2) is 28.6 Å². The number of hydrogen-bond donors (Lipinski definition) is 0. The second kappa shape index (κ2) is 4.29. The Balaban J connectivity index is 2.27. The van der Waals surface area contributed by atoms with E-state index < -0.39 is 0 Å². The largest absolute Gasteiger partial charge is 0.439 e. The minimum absolute atomic E-state index is 0.0240. The maximum absolute atomic E-state index is 11.5. The molecule has 0 bridgehead atoms. The second-order valence-corrected chi connectivity index (χ2v) is 4.13. The highest BCUT2D eigenvalue weighted by atomic mass is 35.5. The minimum Gasteiger partial charge on any atom is -0.439 e. The second-order valence-electron chi connectivity index (χ2n) is 3.74. The summed E-state index contributed by atoms with van der Waals surface area (Å²) in [5.74, 6) is 0. The van der Waals surface area contributed by atoms with Crippen LogP contribution in [-0.2, 0) is 4.74 Å². The standard InChI is InChI=1S/C11H13ClN2O2/c1-3-14-7(2)10(16-11(14)15)8-4-5-13-9(12)6-8/h4-7,10H,3H2,1-2H3/t7-,10-/m0/s1. The first-order valence-corrected chi connectivity index (χ1v) is 5.60. The first-order chi connectivity index (χ1) is 7.63. The highest BCUT2D eigenvalue weighted by molar-refractivity contribution is 6.29. The average molecular weight is 241 g/mol. The van der Waals surface area contributed by atoms with E-state index in [-0.39, 0.29) is 18.2 Å². The molecule has 0 unspecified atom stereocenters. The molecule has 4 nitrogen and oxygen atoms in total. The van der Waals surface area contributed by atoms with E-state index in [0.717, 1.165) is 5.56 Å². The molecule has 0 spiro atoms. The van der Waals surface area contributed by atoms with Crippen molar-refractivity contribution in [3.63, 3.8) is 0 Å². The smallest absolute Gasteiger partial charge is 0.410 e. The molecular formula is C11H13ClN2O2. The van der Waals surface area contributed by atoms with Crippen molar-refractivity contribution in [2.24, 2.45) is 0 Å². The summed E-state index contributed by atoms with van der Waals surface area (Å²) in [7, 11) is 0. The van der Waals surface area contributed by atoms with Crippen molar-refractivity contribution in [3.8, 4) is 0 Å². The lowest BCUT2D eigenvalue weighted by Gasteiger charge is -2.18. The number of pyridine rings is 1. The van der Waals surface area contributed by atoms with Gasteiger partial charge in [0.25, 0.3) is 0 Å². The van der Waals surface area contributed by atoms with Gasteiger partial charge in [-0.25, -0.2) is 9.78 Å². The van der Waals surface area contributed by atoms with E-state index in [0.29, 0.717) is 11.7 Å². The third-order valence-corrected chi connectivity index (χ3v) is 3.02. The van der Waals surface area contributed by atoms with Gasteiger partial charge in [-0.15, -0.1) is 0 Å². The van der Waals surface area contributed by atoms with Gasteiger partial charge < -0.3 is 9.64 Å². The van der Waals surface area contributed by atoms with Gasteiger partial charge in [-0.05, 0) is 31.5 Å². The summed E-state index contributed by atoms with van der Waals surface area (Å²) in [5.41, 5.74) is 0.886. The van der Waals surface area contributed by atoms with Gasteiger partial charge in [0.15, 0.2) is 0 Å². The van der Waals surface area contributed by atoms with Crippen LogP contribution in [0.4, 0.5) is 4.79 Å². The quantitative estimate of drug-likeness (QED) is 0.747. The molecule has 1 aliphatic rings. The molecule has 86 valence electrons. The molecule has 0 N–H and O–H groups in total. The van der Waals surface area contributed by atoms with E-state index in [9.17, 15) is 4.79 Å². The summed E-state index contributed by atoms with van der Waals surface area (Å²) in [5, 5.41) is 0.413. The number of rotatable bonds is 2. The topological polar surface area (TPSA) is 42.4 Å². The minimum atomic E-state index is -0.270. The molecule has 1 fully saturated rings. The Hall–Kier alpha value is -1.29. The van der Waals surface area contributed by atoms with Crippen LogP contribution in [0.3, 0.4) is 0 Å². The number of nitrogens with zero attached hydrogens (tertiary/aromatic N) is 2. The van der Waals surface area contributed by atoms with Crippen LogP contribution in [0.15, 0.2) is 18.3 Å². The summed E-state index contributed by atoms with van der Waals surface area (Å²) in [6, 6.07) is 3.57. The van der Waals surface area contributed by atoms with Crippen LogP contribution in [0.25, 0.3) is 0 Å². The van der Waals surface area contributed by atoms with Gasteiger partial charge in [0.05, 0.1) is 6.04 Å². The Kier molecular flexibility index (Phi) is 3.01. The number of halogens is 1. The Labute approximate surface area is 99.2 Å². The van der Waals surface area contributed by atoms with Gasteiger partial charge in [-0.1, -0.05) is 11.6 Å². The van der Waals surface area contributed by atoms with Gasteiger partial charge in [-0.2, -0.15) is 0 Å². The molecule has 5 heteroatoms. The van der Waals surface area contributed by atoms with E-state index in [2.05, 4.69) is 4.98 Å². The molecule has 1 saturated heterocycles. The predicted molar refractivity (Wildman–Crippen MR) is 60.3 cm³/mol. The van der Waals surface area contributed by atoms with Gasteiger partial charge in [0.1, 0.15) is 11.3 Å². The van der Waals surface area contributed by atoms with Gasteiger partial charge in [0, 0.05) is 12.7 Å². The SMILES string of the molecule is CCN1C(=O)O[C@H](c2ccnc(Cl)c2)[C@@H]1C. The summed E-state index contributed by atoms with van der Waals surface area (Å²) in [6.07, 6.45) is 1.09. The predicted octanol–water partition coefficient (Wildman–Crippen LogP) is 2.64. The summed E-state index contributed by atoms with van der Waals surface area (Å²) >= 11 is 5.81. The zero-order valence-electron chi connectivity index (χ0n) is 9.18. The van der Waals surface area contributed by atoms with E-state index in [4.69, 9.17) is 16.3 Å². The molecule has 1 amide bonds. The third-order valence-electron chi connectivity index (χ3n) is 2.81. The normalized spacial score (nSPS) is 24.7. The lowest BCUT2D eigenvalue weighted by atomic mass is 10.1. The third kappa shape index (κ3) is 1.85. The molecule has 0 saturated carbocycles. The number of cyclic esters (lactones) is 1. The van der Waals surface area contributed by atoms with Crippen molar-refractivity contribution in [2.75, 3.05) is 6.54 Å². The lowest BCUT2D eigenvalue weighted by molar-refractivity contribution is 0.131. The maximum atomic E-state index is 11.5. The molecule has 1 aromatic rings. The fourth-order valence-corrected chi connectivity index (χ4v) is 2.14. The molecule has 16 heavy (non-hydrogen) atoms. The number of likely N-dealkylation sites (N-methyl/N-ethyl adjacent to an activating group) is 1. The first kappa shape index (κ1) is 11.2.